The molecule has 1 aromatic rings. The van der Waals surface area contributed by atoms with Crippen molar-refractivity contribution in [2.24, 2.45) is 0 Å². The Morgan fingerprint density at radius 3 is 1.58 bits per heavy atom. The average molecular weight is 483 g/mol. The summed E-state index contributed by atoms with van der Waals surface area (Å²) in [5, 5.41) is 0. The Bertz CT molecular complexity index is 670. The van der Waals surface area contributed by atoms with Crippen molar-refractivity contribution >= 4 is 47.9 Å². The van der Waals surface area contributed by atoms with Gasteiger partial charge in [0.25, 0.3) is 10.1 Å². The molecule has 0 unspecified atom stereocenters. The van der Waals surface area contributed by atoms with E-state index in [4.69, 9.17) is 4.18 Å². The van der Waals surface area contributed by atoms with Gasteiger partial charge in [0.2, 0.25) is 0 Å². The van der Waals surface area contributed by atoms with Crippen LogP contribution in [0.1, 0.15) is 124 Å². The molecule has 31 heavy (non-hydrogen) atoms. The van der Waals surface area contributed by atoms with Gasteiger partial charge in [0.15, 0.2) is 0 Å². The summed E-state index contributed by atoms with van der Waals surface area (Å²) >= 11 is 0. The Morgan fingerprint density at radius 2 is 1.13 bits per heavy atom. The number of hydrogen-bond acceptors (Lipinski definition) is 3. The molecule has 0 saturated heterocycles. The molecule has 0 aliphatic rings. The second kappa shape index (κ2) is 19.8. The third kappa shape index (κ3) is 15.0. The van der Waals surface area contributed by atoms with Crippen LogP contribution in [0.2, 0.25) is 0 Å². The third-order valence-corrected chi connectivity index (χ3v) is 7.52. The maximum absolute atomic E-state index is 12.3. The minimum Gasteiger partial charge on any atom is -0.266 e. The van der Waals surface area contributed by atoms with E-state index < -0.39 is 10.1 Å². The fraction of sp³-hybridized carbons (Fsp3) is 0.769. The molecule has 1 rings (SSSR count). The van der Waals surface area contributed by atoms with E-state index in [0.717, 1.165) is 24.0 Å². The summed E-state index contributed by atoms with van der Waals surface area (Å²) < 4.78 is 29.9. The van der Waals surface area contributed by atoms with Crippen LogP contribution in [-0.4, -0.2) is 52.8 Å². The minimum absolute atomic E-state index is 0. The topological polar surface area (TPSA) is 43.4 Å². The van der Waals surface area contributed by atoms with E-state index in [1.54, 1.807) is 12.1 Å². The van der Waals surface area contributed by atoms with Gasteiger partial charge in [0.05, 0.1) is 11.5 Å². The zero-order valence-corrected chi connectivity index (χ0v) is 23.6. The first-order valence-corrected chi connectivity index (χ1v) is 13.9. The number of unbranched alkanes of at least 4 members (excludes halogenated alkanes) is 15. The predicted octanol–water partition coefficient (Wildman–Crippen LogP) is 8.38. The number of benzene rings is 1. The van der Waals surface area contributed by atoms with Gasteiger partial charge in [-0.3, -0.25) is 4.18 Å². The van der Waals surface area contributed by atoms with Gasteiger partial charge in [-0.1, -0.05) is 115 Å². The molecule has 0 N–H and O–H groups in total. The molecule has 0 amide bonds. The molecule has 0 aliphatic heterocycles. The van der Waals surface area contributed by atoms with E-state index in [1.807, 2.05) is 19.9 Å². The van der Waals surface area contributed by atoms with Gasteiger partial charge in [-0.25, -0.2) is 0 Å². The quantitative estimate of drug-likeness (QED) is 0.113. The van der Waals surface area contributed by atoms with Crippen LogP contribution in [0.4, 0.5) is 0 Å². The van der Waals surface area contributed by atoms with Crippen molar-refractivity contribution in [1.29, 1.82) is 0 Å². The first kappa shape index (κ1) is 31.4. The SMILES string of the molecule is CCCCCCCCCCCCCCCCCCOS(=O)(=O)c1cccc(C)c1C.[Ca].[HH].[HH]. The second-order valence-electron chi connectivity index (χ2n) is 8.78. The van der Waals surface area contributed by atoms with Crippen LogP contribution in [0.15, 0.2) is 23.1 Å². The standard InChI is InChI=1S/C26H46O3S.Ca.2H2/c1-4-5-6-7-8-9-10-11-12-13-14-15-16-17-18-19-23-29-30(27,28)26-22-20-21-24(2)25(26)3;;;/h20-22H,4-19,23H2,1-3H3;;2*1H. The maximum atomic E-state index is 12.3. The summed E-state index contributed by atoms with van der Waals surface area (Å²) in [6, 6.07) is 5.32. The first-order valence-electron chi connectivity index (χ1n) is 12.4. The van der Waals surface area contributed by atoms with Crippen LogP contribution in [0.5, 0.6) is 0 Å². The summed E-state index contributed by atoms with van der Waals surface area (Å²) in [5.41, 5.74) is 1.76. The van der Waals surface area contributed by atoms with Crippen LogP contribution >= 0.6 is 0 Å². The van der Waals surface area contributed by atoms with Crippen LogP contribution in [0.3, 0.4) is 0 Å². The summed E-state index contributed by atoms with van der Waals surface area (Å²) in [6.45, 7) is 6.31. The average Bonchev–Trinajstić information content (AvgIpc) is 2.72. The smallest absolute Gasteiger partial charge is 0.266 e. The van der Waals surface area contributed by atoms with Gasteiger partial charge in [0, 0.05) is 40.6 Å². The largest absolute Gasteiger partial charge is 0.297 e. The Morgan fingerprint density at radius 1 is 0.710 bits per heavy atom. The van der Waals surface area contributed by atoms with Crippen molar-refractivity contribution < 1.29 is 15.5 Å². The molecule has 0 aromatic heterocycles. The summed E-state index contributed by atoms with van der Waals surface area (Å²) in [6.07, 6.45) is 20.9. The van der Waals surface area contributed by atoms with Crippen LogP contribution in [0, 0.1) is 13.8 Å². The van der Waals surface area contributed by atoms with Gasteiger partial charge < -0.3 is 0 Å². The third-order valence-electron chi connectivity index (χ3n) is 6.06. The molecule has 0 heterocycles. The molecule has 0 bridgehead atoms. The van der Waals surface area contributed by atoms with Crippen molar-refractivity contribution in [3.8, 4) is 0 Å². The predicted molar refractivity (Wildman–Crippen MR) is 139 cm³/mol. The number of aryl methyl sites for hydroxylation is 1. The fourth-order valence-corrected chi connectivity index (χ4v) is 5.12. The van der Waals surface area contributed by atoms with Crippen LogP contribution in [0.25, 0.3) is 0 Å². The zero-order chi connectivity index (χ0) is 22.1. The van der Waals surface area contributed by atoms with Gasteiger partial charge in [-0.2, -0.15) is 8.42 Å². The first-order chi connectivity index (χ1) is 14.5. The van der Waals surface area contributed by atoms with Gasteiger partial charge in [-0.05, 0) is 37.5 Å². The minimum atomic E-state index is -3.63. The van der Waals surface area contributed by atoms with E-state index in [-0.39, 0.29) is 47.2 Å². The molecule has 3 nitrogen and oxygen atoms in total. The summed E-state index contributed by atoms with van der Waals surface area (Å²) in [4.78, 5) is 0.305. The Labute approximate surface area is 226 Å². The molecular weight excluding hydrogens is 432 g/mol. The normalized spacial score (nSPS) is 11.5. The summed E-state index contributed by atoms with van der Waals surface area (Å²) in [5.74, 6) is 0. The maximum Gasteiger partial charge on any atom is 0.297 e. The zero-order valence-electron chi connectivity index (χ0n) is 20.6. The van der Waals surface area contributed by atoms with Gasteiger partial charge >= 0.3 is 0 Å². The molecule has 0 saturated carbocycles. The van der Waals surface area contributed by atoms with Crippen LogP contribution < -0.4 is 0 Å². The molecular formula is C26H50CaO3S. The number of hydrogen-bond donors (Lipinski definition) is 0. The van der Waals surface area contributed by atoms with Gasteiger partial charge in [0.1, 0.15) is 0 Å². The molecule has 0 spiro atoms. The van der Waals surface area contributed by atoms with Crippen molar-refractivity contribution in [2.45, 2.75) is 128 Å². The molecule has 0 atom stereocenters. The molecule has 2 radical (unpaired) electrons. The van der Waals surface area contributed by atoms with Crippen molar-refractivity contribution in [3.05, 3.63) is 29.3 Å². The Hall–Kier alpha value is 0.390. The van der Waals surface area contributed by atoms with E-state index in [2.05, 4.69) is 6.92 Å². The molecule has 0 fully saturated rings. The van der Waals surface area contributed by atoms with E-state index in [9.17, 15) is 8.42 Å². The van der Waals surface area contributed by atoms with Crippen LogP contribution in [-0.2, 0) is 14.3 Å². The molecule has 5 heteroatoms. The van der Waals surface area contributed by atoms with Gasteiger partial charge in [-0.15, -0.1) is 0 Å². The Balaban J connectivity index is -0.00000300. The molecule has 180 valence electrons. The van der Waals surface area contributed by atoms with E-state index in [1.165, 1.54) is 89.9 Å². The molecule has 0 aliphatic carbocycles. The van der Waals surface area contributed by atoms with E-state index in [0.29, 0.717) is 4.90 Å². The van der Waals surface area contributed by atoms with E-state index >= 15 is 0 Å². The van der Waals surface area contributed by atoms with Crippen molar-refractivity contribution in [1.82, 2.24) is 0 Å². The monoisotopic (exact) mass is 482 g/mol. The fourth-order valence-electron chi connectivity index (χ4n) is 3.88. The van der Waals surface area contributed by atoms with Crippen molar-refractivity contribution in [3.63, 3.8) is 0 Å². The molecule has 1 aromatic carbocycles. The second-order valence-corrected chi connectivity index (χ2v) is 10.4. The Kier molecular flexibility index (Phi) is 20.1. The summed E-state index contributed by atoms with van der Waals surface area (Å²) in [7, 11) is -3.63. The number of rotatable bonds is 19. The van der Waals surface area contributed by atoms with Crippen molar-refractivity contribution in [2.75, 3.05) is 6.61 Å².